The lowest BCUT2D eigenvalue weighted by molar-refractivity contribution is -0.115. The van der Waals surface area contributed by atoms with E-state index in [1.165, 1.54) is 0 Å². The molecule has 122 valence electrons. The van der Waals surface area contributed by atoms with Crippen LogP contribution in [-0.4, -0.2) is 12.5 Å². The van der Waals surface area contributed by atoms with Gasteiger partial charge in [0.15, 0.2) is 0 Å². The van der Waals surface area contributed by atoms with E-state index in [1.807, 2.05) is 49.4 Å². The van der Waals surface area contributed by atoms with Gasteiger partial charge in [-0.2, -0.15) is 0 Å². The van der Waals surface area contributed by atoms with Gasteiger partial charge >= 0.3 is 0 Å². The van der Waals surface area contributed by atoms with Crippen LogP contribution in [0.25, 0.3) is 0 Å². The van der Waals surface area contributed by atoms with Crippen LogP contribution in [0.3, 0.4) is 0 Å². The Morgan fingerprint density at radius 1 is 1.04 bits per heavy atom. The second kappa shape index (κ2) is 7.32. The van der Waals surface area contributed by atoms with Crippen LogP contribution >= 0.6 is 0 Å². The Morgan fingerprint density at radius 3 is 2.30 bits per heavy atom. The Labute approximate surface area is 138 Å². The first-order valence-corrected chi connectivity index (χ1v) is 8.01. The Kier molecular flexibility index (Phi) is 5.43. The first-order valence-electron chi connectivity index (χ1n) is 8.01. The third-order valence-electron chi connectivity index (χ3n) is 3.61. The molecule has 0 saturated carbocycles. The van der Waals surface area contributed by atoms with Gasteiger partial charge in [-0.25, -0.2) is 0 Å². The second-order valence-corrected chi connectivity index (χ2v) is 6.60. The number of para-hydroxylation sites is 1. The van der Waals surface area contributed by atoms with Crippen molar-refractivity contribution in [1.82, 2.24) is 0 Å². The molecule has 0 unspecified atom stereocenters. The highest BCUT2D eigenvalue weighted by Crippen LogP contribution is 2.29. The highest BCUT2D eigenvalue weighted by Gasteiger charge is 2.18. The van der Waals surface area contributed by atoms with Crippen molar-refractivity contribution in [3.05, 3.63) is 59.7 Å². The van der Waals surface area contributed by atoms with Gasteiger partial charge in [-0.15, -0.1) is 0 Å². The summed E-state index contributed by atoms with van der Waals surface area (Å²) < 4.78 is 5.41. The molecular formula is C20H25NO2. The smallest absolute Gasteiger partial charge is 0.228 e. The van der Waals surface area contributed by atoms with Gasteiger partial charge in [0.05, 0.1) is 13.0 Å². The molecule has 0 saturated heterocycles. The molecule has 0 aliphatic heterocycles. The highest BCUT2D eigenvalue weighted by atomic mass is 16.5. The number of ether oxygens (including phenoxy) is 1. The number of carbonyl (C=O) groups excluding carboxylic acids is 1. The van der Waals surface area contributed by atoms with E-state index in [0.717, 1.165) is 22.6 Å². The monoisotopic (exact) mass is 311 g/mol. The molecule has 23 heavy (non-hydrogen) atoms. The van der Waals surface area contributed by atoms with Crippen LogP contribution in [0.2, 0.25) is 0 Å². The summed E-state index contributed by atoms with van der Waals surface area (Å²) in [6, 6.07) is 15.6. The fourth-order valence-electron chi connectivity index (χ4n) is 2.50. The molecule has 0 heterocycles. The number of rotatable bonds is 5. The average Bonchev–Trinajstić information content (AvgIpc) is 2.49. The van der Waals surface area contributed by atoms with Crippen LogP contribution in [0.4, 0.5) is 5.69 Å². The molecular weight excluding hydrogens is 286 g/mol. The minimum Gasteiger partial charge on any atom is -0.494 e. The number of nitrogens with one attached hydrogen (secondary N) is 1. The minimum absolute atomic E-state index is 0.00846. The fraction of sp³-hybridized carbons (Fsp3) is 0.350. The Morgan fingerprint density at radius 2 is 1.70 bits per heavy atom. The topological polar surface area (TPSA) is 38.3 Å². The molecule has 0 spiro atoms. The minimum atomic E-state index is -0.0109. The summed E-state index contributed by atoms with van der Waals surface area (Å²) in [7, 11) is 0. The first kappa shape index (κ1) is 17.1. The number of hydrogen-bond donors (Lipinski definition) is 1. The zero-order valence-electron chi connectivity index (χ0n) is 14.3. The summed E-state index contributed by atoms with van der Waals surface area (Å²) in [5.74, 6) is 0.820. The molecule has 1 N–H and O–H groups in total. The van der Waals surface area contributed by atoms with E-state index in [2.05, 4.69) is 32.2 Å². The average molecular weight is 311 g/mol. The van der Waals surface area contributed by atoms with Crippen molar-refractivity contribution >= 4 is 11.6 Å². The van der Waals surface area contributed by atoms with Crippen LogP contribution in [0.1, 0.15) is 38.8 Å². The summed E-state index contributed by atoms with van der Waals surface area (Å²) in [5, 5.41) is 3.04. The summed E-state index contributed by atoms with van der Waals surface area (Å²) >= 11 is 0. The number of anilines is 1. The van der Waals surface area contributed by atoms with Gasteiger partial charge in [-0.1, -0.05) is 51.1 Å². The first-order chi connectivity index (χ1) is 10.9. The maximum absolute atomic E-state index is 12.3. The quantitative estimate of drug-likeness (QED) is 0.879. The molecule has 0 bridgehead atoms. The van der Waals surface area contributed by atoms with Crippen molar-refractivity contribution in [2.24, 2.45) is 0 Å². The SMILES string of the molecule is CCOc1ccc(CC(=O)Nc2ccccc2C(C)(C)C)cc1. The van der Waals surface area contributed by atoms with Gasteiger partial charge in [-0.05, 0) is 41.7 Å². The predicted octanol–water partition coefficient (Wildman–Crippen LogP) is 4.56. The Hall–Kier alpha value is -2.29. The summed E-state index contributed by atoms with van der Waals surface area (Å²) in [6.07, 6.45) is 0.352. The van der Waals surface area contributed by atoms with Crippen molar-refractivity contribution in [2.45, 2.75) is 39.5 Å². The Bertz CT molecular complexity index is 654. The molecule has 0 aromatic heterocycles. The van der Waals surface area contributed by atoms with Gasteiger partial charge < -0.3 is 10.1 Å². The van der Waals surface area contributed by atoms with Crippen molar-refractivity contribution < 1.29 is 9.53 Å². The van der Waals surface area contributed by atoms with Crippen LogP contribution in [-0.2, 0) is 16.6 Å². The van der Waals surface area contributed by atoms with E-state index in [9.17, 15) is 4.79 Å². The van der Waals surface area contributed by atoms with Gasteiger partial charge in [0, 0.05) is 5.69 Å². The third kappa shape index (κ3) is 4.85. The van der Waals surface area contributed by atoms with Crippen molar-refractivity contribution in [3.8, 4) is 5.75 Å². The number of benzene rings is 2. The summed E-state index contributed by atoms with van der Waals surface area (Å²) in [5.41, 5.74) is 2.98. The summed E-state index contributed by atoms with van der Waals surface area (Å²) in [4.78, 5) is 12.3. The molecule has 3 heteroatoms. The van der Waals surface area contributed by atoms with Crippen molar-refractivity contribution in [3.63, 3.8) is 0 Å². The van der Waals surface area contributed by atoms with E-state index in [-0.39, 0.29) is 11.3 Å². The lowest BCUT2D eigenvalue weighted by atomic mass is 9.86. The highest BCUT2D eigenvalue weighted by molar-refractivity contribution is 5.93. The molecule has 3 nitrogen and oxygen atoms in total. The molecule has 0 radical (unpaired) electrons. The predicted molar refractivity (Wildman–Crippen MR) is 95.1 cm³/mol. The molecule has 1 amide bonds. The van der Waals surface area contributed by atoms with Crippen LogP contribution < -0.4 is 10.1 Å². The van der Waals surface area contributed by atoms with Gasteiger partial charge in [0.2, 0.25) is 5.91 Å². The van der Waals surface area contributed by atoms with E-state index in [4.69, 9.17) is 4.74 Å². The maximum Gasteiger partial charge on any atom is 0.228 e. The van der Waals surface area contributed by atoms with E-state index in [0.29, 0.717) is 13.0 Å². The molecule has 0 aliphatic carbocycles. The maximum atomic E-state index is 12.3. The van der Waals surface area contributed by atoms with Crippen LogP contribution in [0.5, 0.6) is 5.75 Å². The third-order valence-corrected chi connectivity index (χ3v) is 3.61. The molecule has 0 aliphatic rings. The zero-order chi connectivity index (χ0) is 16.9. The number of hydrogen-bond acceptors (Lipinski definition) is 2. The fourth-order valence-corrected chi connectivity index (χ4v) is 2.50. The summed E-state index contributed by atoms with van der Waals surface area (Å²) in [6.45, 7) is 9.02. The molecule has 2 rings (SSSR count). The zero-order valence-corrected chi connectivity index (χ0v) is 14.3. The number of carbonyl (C=O) groups is 1. The van der Waals surface area contributed by atoms with Crippen molar-refractivity contribution in [1.29, 1.82) is 0 Å². The molecule has 2 aromatic rings. The molecule has 0 atom stereocenters. The standard InChI is InChI=1S/C20H25NO2/c1-5-23-16-12-10-15(11-13-16)14-19(22)21-18-9-7-6-8-17(18)20(2,3)4/h6-13H,5,14H2,1-4H3,(H,21,22). The second-order valence-electron chi connectivity index (χ2n) is 6.60. The van der Waals surface area contributed by atoms with Crippen LogP contribution in [0.15, 0.2) is 48.5 Å². The normalized spacial score (nSPS) is 11.1. The number of amides is 1. The van der Waals surface area contributed by atoms with Gasteiger partial charge in [0.25, 0.3) is 0 Å². The van der Waals surface area contributed by atoms with Gasteiger partial charge in [0.1, 0.15) is 5.75 Å². The van der Waals surface area contributed by atoms with E-state index in [1.54, 1.807) is 0 Å². The van der Waals surface area contributed by atoms with E-state index < -0.39 is 0 Å². The largest absolute Gasteiger partial charge is 0.494 e. The lowest BCUT2D eigenvalue weighted by Crippen LogP contribution is -2.19. The molecule has 2 aromatic carbocycles. The van der Waals surface area contributed by atoms with Gasteiger partial charge in [-0.3, -0.25) is 4.79 Å². The lowest BCUT2D eigenvalue weighted by Gasteiger charge is -2.23. The van der Waals surface area contributed by atoms with Crippen LogP contribution in [0, 0.1) is 0 Å². The van der Waals surface area contributed by atoms with E-state index >= 15 is 0 Å². The molecule has 0 fully saturated rings. The van der Waals surface area contributed by atoms with Crippen molar-refractivity contribution in [2.75, 3.05) is 11.9 Å². The Balaban J connectivity index is 2.05.